The van der Waals surface area contributed by atoms with Crippen molar-refractivity contribution in [1.29, 1.82) is 0 Å². The number of hydrogen-bond acceptors (Lipinski definition) is 4. The molecule has 1 aromatic rings. The second kappa shape index (κ2) is 3.69. The van der Waals surface area contributed by atoms with Crippen molar-refractivity contribution >= 4 is 12.6 Å². The van der Waals surface area contributed by atoms with E-state index in [-0.39, 0.29) is 11.5 Å². The zero-order chi connectivity index (χ0) is 9.14. The van der Waals surface area contributed by atoms with Crippen LogP contribution in [0.5, 0.6) is 11.5 Å². The van der Waals surface area contributed by atoms with Crippen LogP contribution in [0.4, 0.5) is 0 Å². The van der Waals surface area contributed by atoms with Crippen LogP contribution >= 0.6 is 12.6 Å². The Bertz CT molecular complexity index is 289. The van der Waals surface area contributed by atoms with Crippen LogP contribution in [0.15, 0.2) is 17.0 Å². The molecule has 0 aromatic heterocycles. The Kier molecular flexibility index (Phi) is 2.83. The Hall–Kier alpha value is -0.870. The monoisotopic (exact) mass is 185 g/mol. The molecule has 4 heteroatoms. The van der Waals surface area contributed by atoms with E-state index in [1.165, 1.54) is 12.1 Å². The van der Waals surface area contributed by atoms with Crippen LogP contribution in [-0.4, -0.2) is 16.8 Å². The van der Waals surface area contributed by atoms with E-state index >= 15 is 0 Å². The number of phenols is 2. The smallest absolute Gasteiger partial charge is 0.158 e. The summed E-state index contributed by atoms with van der Waals surface area (Å²) in [6.07, 6.45) is 0.646. The summed E-state index contributed by atoms with van der Waals surface area (Å²) in [7, 11) is 0. The Morgan fingerprint density at radius 2 is 1.83 bits per heavy atom. The van der Waals surface area contributed by atoms with E-state index in [4.69, 9.17) is 15.9 Å². The molecule has 0 amide bonds. The van der Waals surface area contributed by atoms with Crippen molar-refractivity contribution in [3.63, 3.8) is 0 Å². The van der Waals surface area contributed by atoms with Crippen molar-refractivity contribution in [3.05, 3.63) is 17.7 Å². The van der Waals surface area contributed by atoms with E-state index in [2.05, 4.69) is 12.6 Å². The second-order valence-corrected chi connectivity index (χ2v) is 2.99. The van der Waals surface area contributed by atoms with E-state index in [1.54, 1.807) is 0 Å². The van der Waals surface area contributed by atoms with Gasteiger partial charge in [-0.1, -0.05) is 0 Å². The van der Waals surface area contributed by atoms with Crippen LogP contribution in [0.2, 0.25) is 0 Å². The predicted octanol–water partition coefficient (Wildman–Crippen LogP) is 0.888. The molecule has 0 saturated carbocycles. The number of hydrogen-bond donors (Lipinski definition) is 4. The maximum atomic E-state index is 9.13. The highest BCUT2D eigenvalue weighted by Gasteiger charge is 2.04. The quantitative estimate of drug-likeness (QED) is 0.408. The molecule has 12 heavy (non-hydrogen) atoms. The van der Waals surface area contributed by atoms with Crippen molar-refractivity contribution in [2.75, 3.05) is 6.54 Å². The molecule has 0 aliphatic rings. The molecule has 0 unspecified atom stereocenters. The summed E-state index contributed by atoms with van der Waals surface area (Å²) in [5, 5.41) is 18.2. The fourth-order valence-electron chi connectivity index (χ4n) is 0.965. The lowest BCUT2D eigenvalue weighted by Crippen LogP contribution is -2.03. The van der Waals surface area contributed by atoms with Crippen LogP contribution in [0, 0.1) is 0 Å². The molecule has 1 aromatic carbocycles. The molecule has 3 nitrogen and oxygen atoms in total. The van der Waals surface area contributed by atoms with Gasteiger partial charge in [-0.25, -0.2) is 0 Å². The summed E-state index contributed by atoms with van der Waals surface area (Å²) in [6.45, 7) is 0.498. The molecule has 1 rings (SSSR count). The van der Waals surface area contributed by atoms with Gasteiger partial charge in [-0.15, -0.1) is 12.6 Å². The van der Waals surface area contributed by atoms with E-state index in [0.717, 1.165) is 5.56 Å². The first kappa shape index (κ1) is 9.22. The van der Waals surface area contributed by atoms with Gasteiger partial charge < -0.3 is 15.9 Å². The van der Waals surface area contributed by atoms with E-state index in [0.29, 0.717) is 17.9 Å². The first-order valence-corrected chi connectivity index (χ1v) is 4.03. The second-order valence-electron chi connectivity index (χ2n) is 2.51. The van der Waals surface area contributed by atoms with E-state index < -0.39 is 0 Å². The fraction of sp³-hybridized carbons (Fsp3) is 0.250. The maximum absolute atomic E-state index is 9.13. The molecule has 4 N–H and O–H groups in total. The topological polar surface area (TPSA) is 66.5 Å². The fourth-order valence-corrected chi connectivity index (χ4v) is 1.26. The highest BCUT2D eigenvalue weighted by Crippen LogP contribution is 2.30. The van der Waals surface area contributed by atoms with Gasteiger partial charge >= 0.3 is 0 Å². The Balaban J connectivity index is 3.05. The zero-order valence-electron chi connectivity index (χ0n) is 6.49. The number of phenolic OH excluding ortho intramolecular Hbond substituents is 2. The Morgan fingerprint density at radius 1 is 1.25 bits per heavy atom. The van der Waals surface area contributed by atoms with Gasteiger partial charge in [0.15, 0.2) is 11.5 Å². The molecular formula is C8H11NO2S. The molecule has 0 bridgehead atoms. The highest BCUT2D eigenvalue weighted by atomic mass is 32.1. The van der Waals surface area contributed by atoms with Gasteiger partial charge in [0.05, 0.1) is 0 Å². The molecule has 0 fully saturated rings. The molecular weight excluding hydrogens is 174 g/mol. The molecule has 0 atom stereocenters. The van der Waals surface area contributed by atoms with E-state index in [1.807, 2.05) is 0 Å². The van der Waals surface area contributed by atoms with Gasteiger partial charge in [-0.3, -0.25) is 0 Å². The average molecular weight is 185 g/mol. The largest absolute Gasteiger partial charge is 0.504 e. The predicted molar refractivity (Wildman–Crippen MR) is 49.8 cm³/mol. The number of nitrogens with two attached hydrogens (primary N) is 1. The third-order valence-corrected chi connectivity index (χ3v) is 2.01. The summed E-state index contributed by atoms with van der Waals surface area (Å²) in [6, 6.07) is 2.88. The third-order valence-electron chi connectivity index (χ3n) is 1.59. The third kappa shape index (κ3) is 1.84. The minimum atomic E-state index is -0.152. The van der Waals surface area contributed by atoms with Gasteiger partial charge in [-0.2, -0.15) is 0 Å². The van der Waals surface area contributed by atoms with Crippen molar-refractivity contribution in [2.45, 2.75) is 11.3 Å². The molecule has 0 saturated heterocycles. The zero-order valence-corrected chi connectivity index (χ0v) is 7.38. The standard InChI is InChI=1S/C8H11NO2S/c9-2-1-5-3-6(10)7(11)4-8(5)12/h3-4,10-12H,1-2,9H2. The Morgan fingerprint density at radius 3 is 2.42 bits per heavy atom. The number of thiol groups is 1. The maximum Gasteiger partial charge on any atom is 0.158 e. The first-order valence-electron chi connectivity index (χ1n) is 3.59. The summed E-state index contributed by atoms with van der Waals surface area (Å²) < 4.78 is 0. The molecule has 0 aliphatic carbocycles. The minimum Gasteiger partial charge on any atom is -0.504 e. The Labute approximate surface area is 76.2 Å². The summed E-state index contributed by atoms with van der Waals surface area (Å²) in [5.74, 6) is -0.281. The lowest BCUT2D eigenvalue weighted by Gasteiger charge is -2.05. The van der Waals surface area contributed by atoms with Gasteiger partial charge in [-0.05, 0) is 30.7 Å². The van der Waals surface area contributed by atoms with Gasteiger partial charge in [0.2, 0.25) is 0 Å². The molecule has 0 radical (unpaired) electrons. The SMILES string of the molecule is NCCc1cc(O)c(O)cc1S. The minimum absolute atomic E-state index is 0.128. The number of aromatic hydroxyl groups is 2. The summed E-state index contributed by atoms with van der Waals surface area (Å²) >= 11 is 4.12. The first-order chi connectivity index (χ1) is 5.65. The number of benzene rings is 1. The van der Waals surface area contributed by atoms with Crippen LogP contribution in [-0.2, 0) is 6.42 Å². The van der Waals surface area contributed by atoms with Crippen LogP contribution in [0.25, 0.3) is 0 Å². The van der Waals surface area contributed by atoms with Gasteiger partial charge in [0.25, 0.3) is 0 Å². The molecule has 0 aliphatic heterocycles. The van der Waals surface area contributed by atoms with Crippen molar-refractivity contribution in [1.82, 2.24) is 0 Å². The van der Waals surface area contributed by atoms with Crippen molar-refractivity contribution in [3.8, 4) is 11.5 Å². The normalized spacial score (nSPS) is 10.2. The molecule has 66 valence electrons. The van der Waals surface area contributed by atoms with Crippen LogP contribution in [0.3, 0.4) is 0 Å². The summed E-state index contributed by atoms with van der Waals surface area (Å²) in [4.78, 5) is 0.649. The molecule has 0 heterocycles. The highest BCUT2D eigenvalue weighted by molar-refractivity contribution is 7.80. The lowest BCUT2D eigenvalue weighted by atomic mass is 10.1. The average Bonchev–Trinajstić information content (AvgIpc) is 2.01. The van der Waals surface area contributed by atoms with Crippen molar-refractivity contribution in [2.24, 2.45) is 5.73 Å². The van der Waals surface area contributed by atoms with Gasteiger partial charge in [0.1, 0.15) is 0 Å². The lowest BCUT2D eigenvalue weighted by molar-refractivity contribution is 0.401. The van der Waals surface area contributed by atoms with Gasteiger partial charge in [0, 0.05) is 4.90 Å². The van der Waals surface area contributed by atoms with Crippen molar-refractivity contribution < 1.29 is 10.2 Å². The summed E-state index contributed by atoms with van der Waals surface area (Å²) in [5.41, 5.74) is 6.18. The van der Waals surface area contributed by atoms with E-state index in [9.17, 15) is 0 Å². The van der Waals surface area contributed by atoms with Crippen LogP contribution < -0.4 is 5.73 Å². The number of rotatable bonds is 2. The van der Waals surface area contributed by atoms with Crippen LogP contribution in [0.1, 0.15) is 5.56 Å². The molecule has 0 spiro atoms.